The summed E-state index contributed by atoms with van der Waals surface area (Å²) in [6, 6.07) is 11.8. The third-order valence-corrected chi connectivity index (χ3v) is 4.28. The molecule has 3 rings (SSSR count). The molecule has 1 amide bonds. The van der Waals surface area contributed by atoms with Gasteiger partial charge in [0.2, 0.25) is 0 Å². The Kier molecular flexibility index (Phi) is 4.08. The average molecular weight is 345 g/mol. The van der Waals surface area contributed by atoms with E-state index in [1.807, 2.05) is 37.3 Å². The first kappa shape index (κ1) is 14.3. The summed E-state index contributed by atoms with van der Waals surface area (Å²) in [5.41, 5.74) is 5.16. The van der Waals surface area contributed by atoms with Crippen LogP contribution < -0.4 is 10.6 Å². The minimum atomic E-state index is -0.0613. The summed E-state index contributed by atoms with van der Waals surface area (Å²) in [5.74, 6) is -0.0613. The summed E-state index contributed by atoms with van der Waals surface area (Å²) in [6.45, 7) is 3.83. The largest absolute Gasteiger partial charge is 0.322 e. The smallest absolute Gasteiger partial charge is 0.255 e. The molecule has 0 unspecified atom stereocenters. The van der Waals surface area contributed by atoms with E-state index in [9.17, 15) is 4.79 Å². The number of carbonyl (C=O) groups is 1. The average Bonchev–Trinajstić information content (AvgIpc) is 2.49. The molecule has 4 heteroatoms. The van der Waals surface area contributed by atoms with E-state index in [1.54, 1.807) is 0 Å². The van der Waals surface area contributed by atoms with Crippen molar-refractivity contribution in [2.45, 2.75) is 19.9 Å². The van der Waals surface area contributed by atoms with Crippen LogP contribution in [0.2, 0.25) is 0 Å². The van der Waals surface area contributed by atoms with Gasteiger partial charge in [0, 0.05) is 22.3 Å². The zero-order valence-electron chi connectivity index (χ0n) is 11.9. The van der Waals surface area contributed by atoms with Gasteiger partial charge in [-0.25, -0.2) is 0 Å². The maximum atomic E-state index is 12.4. The summed E-state index contributed by atoms with van der Waals surface area (Å²) in [7, 11) is 0. The zero-order chi connectivity index (χ0) is 14.8. The van der Waals surface area contributed by atoms with Gasteiger partial charge in [-0.2, -0.15) is 0 Å². The standard InChI is InChI=1S/C17H17BrN2O/c1-11-8-15(18)4-5-16(11)20-17(21)13-3-2-12-6-7-19-10-14(12)9-13/h2-5,8-9,19H,6-7,10H2,1H3,(H,20,21). The van der Waals surface area contributed by atoms with Crippen molar-refractivity contribution in [1.29, 1.82) is 0 Å². The second-order valence-corrected chi connectivity index (χ2v) is 6.24. The van der Waals surface area contributed by atoms with E-state index in [0.717, 1.165) is 35.2 Å². The number of aryl methyl sites for hydroxylation is 1. The monoisotopic (exact) mass is 344 g/mol. The molecule has 0 radical (unpaired) electrons. The maximum absolute atomic E-state index is 12.4. The summed E-state index contributed by atoms with van der Waals surface area (Å²) in [6.07, 6.45) is 1.03. The molecule has 0 aliphatic carbocycles. The Hall–Kier alpha value is -1.65. The lowest BCUT2D eigenvalue weighted by Gasteiger charge is -2.18. The molecule has 0 aromatic heterocycles. The molecular weight excluding hydrogens is 328 g/mol. The molecule has 2 aromatic rings. The highest BCUT2D eigenvalue weighted by Gasteiger charge is 2.13. The van der Waals surface area contributed by atoms with Crippen LogP contribution in [-0.2, 0) is 13.0 Å². The Morgan fingerprint density at radius 2 is 2.05 bits per heavy atom. The molecule has 2 N–H and O–H groups in total. The first-order valence-electron chi connectivity index (χ1n) is 7.03. The molecule has 1 aliphatic heterocycles. The highest BCUT2D eigenvalue weighted by atomic mass is 79.9. The Balaban J connectivity index is 1.82. The van der Waals surface area contributed by atoms with Crippen LogP contribution in [0.5, 0.6) is 0 Å². The van der Waals surface area contributed by atoms with Crippen molar-refractivity contribution in [3.63, 3.8) is 0 Å². The number of hydrogen-bond acceptors (Lipinski definition) is 2. The second kappa shape index (κ2) is 6.00. The first-order chi connectivity index (χ1) is 10.1. The SMILES string of the molecule is Cc1cc(Br)ccc1NC(=O)c1ccc2c(c1)CNCC2. The van der Waals surface area contributed by atoms with Gasteiger partial charge in [-0.1, -0.05) is 22.0 Å². The number of anilines is 1. The molecule has 0 saturated carbocycles. The summed E-state index contributed by atoms with van der Waals surface area (Å²) in [4.78, 5) is 12.4. The molecule has 108 valence electrons. The molecule has 0 spiro atoms. The van der Waals surface area contributed by atoms with Crippen LogP contribution in [0.1, 0.15) is 27.0 Å². The highest BCUT2D eigenvalue weighted by molar-refractivity contribution is 9.10. The van der Waals surface area contributed by atoms with Crippen molar-refractivity contribution >= 4 is 27.5 Å². The number of amides is 1. The van der Waals surface area contributed by atoms with Crippen LogP contribution in [0.15, 0.2) is 40.9 Å². The number of benzene rings is 2. The number of carbonyl (C=O) groups excluding carboxylic acids is 1. The molecular formula is C17H17BrN2O. The van der Waals surface area contributed by atoms with Crippen LogP contribution >= 0.6 is 15.9 Å². The molecule has 0 saturated heterocycles. The van der Waals surface area contributed by atoms with Gasteiger partial charge < -0.3 is 10.6 Å². The van der Waals surface area contributed by atoms with E-state index in [0.29, 0.717) is 5.56 Å². The second-order valence-electron chi connectivity index (χ2n) is 5.32. The van der Waals surface area contributed by atoms with Crippen molar-refractivity contribution in [3.05, 3.63) is 63.1 Å². The maximum Gasteiger partial charge on any atom is 0.255 e. The fourth-order valence-corrected chi connectivity index (χ4v) is 3.06. The number of hydrogen-bond donors (Lipinski definition) is 2. The van der Waals surface area contributed by atoms with Gasteiger partial charge in [-0.3, -0.25) is 4.79 Å². The number of rotatable bonds is 2. The topological polar surface area (TPSA) is 41.1 Å². The fraction of sp³-hybridized carbons (Fsp3) is 0.235. The van der Waals surface area contributed by atoms with E-state index in [1.165, 1.54) is 11.1 Å². The van der Waals surface area contributed by atoms with Crippen LogP contribution in [0.4, 0.5) is 5.69 Å². The summed E-state index contributed by atoms with van der Waals surface area (Å²) >= 11 is 3.43. The Morgan fingerprint density at radius 3 is 2.86 bits per heavy atom. The van der Waals surface area contributed by atoms with Gasteiger partial charge in [-0.15, -0.1) is 0 Å². The zero-order valence-corrected chi connectivity index (χ0v) is 13.5. The predicted octanol–water partition coefficient (Wildman–Crippen LogP) is 3.66. The number of halogens is 1. The normalized spacial score (nSPS) is 13.6. The van der Waals surface area contributed by atoms with Gasteiger partial charge in [0.25, 0.3) is 5.91 Å². The lowest BCUT2D eigenvalue weighted by molar-refractivity contribution is 0.102. The minimum absolute atomic E-state index is 0.0613. The van der Waals surface area contributed by atoms with E-state index in [-0.39, 0.29) is 5.91 Å². The minimum Gasteiger partial charge on any atom is -0.322 e. The molecule has 0 atom stereocenters. The predicted molar refractivity (Wildman–Crippen MR) is 88.7 cm³/mol. The first-order valence-corrected chi connectivity index (χ1v) is 7.83. The van der Waals surface area contributed by atoms with E-state index < -0.39 is 0 Å². The Labute approximate surface area is 132 Å². The molecule has 1 heterocycles. The van der Waals surface area contributed by atoms with Gasteiger partial charge in [0.15, 0.2) is 0 Å². The van der Waals surface area contributed by atoms with Gasteiger partial charge >= 0.3 is 0 Å². The lowest BCUT2D eigenvalue weighted by atomic mass is 9.98. The lowest BCUT2D eigenvalue weighted by Crippen LogP contribution is -2.24. The van der Waals surface area contributed by atoms with Crippen molar-refractivity contribution in [2.24, 2.45) is 0 Å². The van der Waals surface area contributed by atoms with Gasteiger partial charge in [0.05, 0.1) is 0 Å². The van der Waals surface area contributed by atoms with Crippen molar-refractivity contribution in [2.75, 3.05) is 11.9 Å². The quantitative estimate of drug-likeness (QED) is 0.872. The molecule has 21 heavy (non-hydrogen) atoms. The molecule has 0 fully saturated rings. The summed E-state index contributed by atoms with van der Waals surface area (Å²) in [5, 5.41) is 6.32. The Morgan fingerprint density at radius 1 is 1.19 bits per heavy atom. The fourth-order valence-electron chi connectivity index (χ4n) is 2.58. The Bertz CT molecular complexity index is 697. The number of nitrogens with one attached hydrogen (secondary N) is 2. The van der Waals surface area contributed by atoms with Crippen molar-refractivity contribution in [1.82, 2.24) is 5.32 Å². The molecule has 3 nitrogen and oxygen atoms in total. The van der Waals surface area contributed by atoms with Crippen LogP contribution in [-0.4, -0.2) is 12.5 Å². The van der Waals surface area contributed by atoms with E-state index in [4.69, 9.17) is 0 Å². The molecule has 2 aromatic carbocycles. The van der Waals surface area contributed by atoms with Gasteiger partial charge in [0.1, 0.15) is 0 Å². The van der Waals surface area contributed by atoms with Gasteiger partial charge in [-0.05, 0) is 66.9 Å². The summed E-state index contributed by atoms with van der Waals surface area (Å²) < 4.78 is 1.01. The number of fused-ring (bicyclic) bond motifs is 1. The molecule has 1 aliphatic rings. The molecule has 0 bridgehead atoms. The van der Waals surface area contributed by atoms with Crippen molar-refractivity contribution in [3.8, 4) is 0 Å². The van der Waals surface area contributed by atoms with Crippen molar-refractivity contribution < 1.29 is 4.79 Å². The third kappa shape index (κ3) is 3.17. The van der Waals surface area contributed by atoms with Crippen LogP contribution in [0, 0.1) is 6.92 Å². The van der Waals surface area contributed by atoms with Crippen LogP contribution in [0.25, 0.3) is 0 Å². The van der Waals surface area contributed by atoms with E-state index >= 15 is 0 Å². The van der Waals surface area contributed by atoms with E-state index in [2.05, 4.69) is 32.6 Å². The highest BCUT2D eigenvalue weighted by Crippen LogP contribution is 2.21. The van der Waals surface area contributed by atoms with Crippen LogP contribution in [0.3, 0.4) is 0 Å². The third-order valence-electron chi connectivity index (χ3n) is 3.79.